The highest BCUT2D eigenvalue weighted by Gasteiger charge is 2.12. The number of nitrogens with zero attached hydrogens (tertiary/aromatic N) is 2. The first-order valence-corrected chi connectivity index (χ1v) is 7.74. The molecule has 0 atom stereocenters. The van der Waals surface area contributed by atoms with Crippen LogP contribution in [0.4, 0.5) is 5.95 Å². The van der Waals surface area contributed by atoms with Gasteiger partial charge in [-0.1, -0.05) is 17.7 Å². The average molecular weight is 299 g/mol. The van der Waals surface area contributed by atoms with E-state index in [1.807, 2.05) is 31.2 Å². The lowest BCUT2D eigenvalue weighted by molar-refractivity contribution is 0.469. The van der Waals surface area contributed by atoms with Crippen molar-refractivity contribution in [3.05, 3.63) is 40.8 Å². The fraction of sp³-hybridized carbons (Fsp3) is 0.250. The zero-order valence-corrected chi connectivity index (χ0v) is 13.1. The molecule has 0 saturated heterocycles. The van der Waals surface area contributed by atoms with Crippen LogP contribution in [0.1, 0.15) is 17.4 Å². The van der Waals surface area contributed by atoms with Gasteiger partial charge in [-0.15, -0.1) is 11.3 Å². The van der Waals surface area contributed by atoms with Crippen LogP contribution in [-0.2, 0) is 0 Å². The van der Waals surface area contributed by atoms with E-state index in [0.29, 0.717) is 11.8 Å². The fourth-order valence-corrected chi connectivity index (χ4v) is 2.92. The summed E-state index contributed by atoms with van der Waals surface area (Å²) in [5.74, 6) is 1.99. The van der Waals surface area contributed by atoms with Crippen molar-refractivity contribution in [2.24, 2.45) is 0 Å². The zero-order valence-electron chi connectivity index (χ0n) is 12.3. The van der Waals surface area contributed by atoms with Gasteiger partial charge in [0.2, 0.25) is 11.8 Å². The number of hydrogen-bond donors (Lipinski definition) is 1. The van der Waals surface area contributed by atoms with E-state index in [9.17, 15) is 0 Å². The number of thiophene rings is 1. The summed E-state index contributed by atoms with van der Waals surface area (Å²) in [7, 11) is 0. The standard InChI is InChI=1S/C16H17N3OS/c1-4-17-16-18-14(13-9-11(3)21-15(13)19-16)20-12-7-5-10(2)6-8-12/h5-9H,4H2,1-3H3,(H,17,18,19). The molecule has 1 N–H and O–H groups in total. The van der Waals surface area contributed by atoms with Gasteiger partial charge in [-0.05, 0) is 39.0 Å². The van der Waals surface area contributed by atoms with E-state index >= 15 is 0 Å². The third kappa shape index (κ3) is 2.97. The Kier molecular flexibility index (Phi) is 3.75. The highest BCUT2D eigenvalue weighted by Crippen LogP contribution is 2.33. The lowest BCUT2D eigenvalue weighted by Gasteiger charge is -2.08. The second-order valence-corrected chi connectivity index (χ2v) is 6.11. The van der Waals surface area contributed by atoms with Gasteiger partial charge < -0.3 is 10.1 Å². The number of fused-ring (bicyclic) bond motifs is 1. The number of rotatable bonds is 4. The number of nitrogens with one attached hydrogen (secondary N) is 1. The molecule has 0 aliphatic rings. The molecule has 3 rings (SSSR count). The van der Waals surface area contributed by atoms with Gasteiger partial charge >= 0.3 is 0 Å². The molecule has 0 fully saturated rings. The summed E-state index contributed by atoms with van der Waals surface area (Å²) in [5.41, 5.74) is 1.20. The summed E-state index contributed by atoms with van der Waals surface area (Å²) in [6.07, 6.45) is 0. The third-order valence-corrected chi connectivity index (χ3v) is 4.00. The molecule has 0 aliphatic heterocycles. The molecule has 4 nitrogen and oxygen atoms in total. The second-order valence-electron chi connectivity index (χ2n) is 4.87. The first-order chi connectivity index (χ1) is 10.2. The number of benzene rings is 1. The van der Waals surface area contributed by atoms with Crippen LogP contribution in [0, 0.1) is 13.8 Å². The molecule has 0 radical (unpaired) electrons. The lowest BCUT2D eigenvalue weighted by Crippen LogP contribution is -2.02. The van der Waals surface area contributed by atoms with Crippen LogP contribution < -0.4 is 10.1 Å². The maximum atomic E-state index is 5.96. The Hall–Kier alpha value is -2.14. The van der Waals surface area contributed by atoms with Crippen LogP contribution in [-0.4, -0.2) is 16.5 Å². The van der Waals surface area contributed by atoms with E-state index in [1.165, 1.54) is 10.4 Å². The summed E-state index contributed by atoms with van der Waals surface area (Å²) >= 11 is 1.65. The van der Waals surface area contributed by atoms with Crippen LogP contribution in [0.3, 0.4) is 0 Å². The number of aromatic nitrogens is 2. The Labute approximate surface area is 127 Å². The van der Waals surface area contributed by atoms with Crippen molar-refractivity contribution >= 4 is 27.5 Å². The van der Waals surface area contributed by atoms with Gasteiger partial charge in [0.1, 0.15) is 10.6 Å². The molecule has 0 aliphatic carbocycles. The van der Waals surface area contributed by atoms with Gasteiger partial charge in [0.15, 0.2) is 0 Å². The topological polar surface area (TPSA) is 47.0 Å². The lowest BCUT2D eigenvalue weighted by atomic mass is 10.2. The summed E-state index contributed by atoms with van der Waals surface area (Å²) in [6, 6.07) is 10.0. The Bertz CT molecular complexity index is 765. The molecule has 0 spiro atoms. The Morgan fingerprint density at radius 3 is 2.62 bits per heavy atom. The smallest absolute Gasteiger partial charge is 0.232 e. The predicted molar refractivity (Wildman–Crippen MR) is 87.6 cm³/mol. The van der Waals surface area contributed by atoms with Crippen LogP contribution in [0.5, 0.6) is 11.6 Å². The first kappa shape index (κ1) is 13.8. The largest absolute Gasteiger partial charge is 0.438 e. The summed E-state index contributed by atoms with van der Waals surface area (Å²) in [5, 5.41) is 4.11. The van der Waals surface area contributed by atoms with Crippen molar-refractivity contribution in [1.82, 2.24) is 9.97 Å². The monoisotopic (exact) mass is 299 g/mol. The van der Waals surface area contributed by atoms with Gasteiger partial charge in [0.25, 0.3) is 0 Å². The quantitative estimate of drug-likeness (QED) is 0.768. The second kappa shape index (κ2) is 5.69. The van der Waals surface area contributed by atoms with Crippen molar-refractivity contribution in [1.29, 1.82) is 0 Å². The molecule has 1 aromatic carbocycles. The van der Waals surface area contributed by atoms with E-state index in [4.69, 9.17) is 4.74 Å². The van der Waals surface area contributed by atoms with Gasteiger partial charge in [-0.3, -0.25) is 0 Å². The van der Waals surface area contributed by atoms with Gasteiger partial charge in [0.05, 0.1) is 5.39 Å². The molecule has 5 heteroatoms. The zero-order chi connectivity index (χ0) is 14.8. The Balaban J connectivity index is 2.04. The molecule has 0 amide bonds. The van der Waals surface area contributed by atoms with Crippen molar-refractivity contribution < 1.29 is 4.74 Å². The van der Waals surface area contributed by atoms with E-state index < -0.39 is 0 Å². The number of aryl methyl sites for hydroxylation is 2. The van der Waals surface area contributed by atoms with Gasteiger partial charge in [0, 0.05) is 11.4 Å². The third-order valence-electron chi connectivity index (χ3n) is 3.05. The minimum atomic E-state index is 0.601. The number of hydrogen-bond acceptors (Lipinski definition) is 5. The number of ether oxygens (including phenoxy) is 1. The first-order valence-electron chi connectivity index (χ1n) is 6.92. The highest BCUT2D eigenvalue weighted by atomic mass is 32.1. The normalized spacial score (nSPS) is 10.8. The van der Waals surface area contributed by atoms with Crippen molar-refractivity contribution in [3.8, 4) is 11.6 Å². The van der Waals surface area contributed by atoms with E-state index in [-0.39, 0.29) is 0 Å². The van der Waals surface area contributed by atoms with Crippen molar-refractivity contribution in [2.75, 3.05) is 11.9 Å². The predicted octanol–water partition coefficient (Wildman–Crippen LogP) is 4.53. The molecular formula is C16H17N3OS. The van der Waals surface area contributed by atoms with Crippen LogP contribution >= 0.6 is 11.3 Å². The molecular weight excluding hydrogens is 282 g/mol. The molecule has 2 aromatic heterocycles. The maximum Gasteiger partial charge on any atom is 0.232 e. The Morgan fingerprint density at radius 2 is 1.90 bits per heavy atom. The molecule has 2 heterocycles. The minimum absolute atomic E-state index is 0.601. The maximum absolute atomic E-state index is 5.96. The Morgan fingerprint density at radius 1 is 1.14 bits per heavy atom. The van der Waals surface area contributed by atoms with Gasteiger partial charge in [-0.25, -0.2) is 4.98 Å². The van der Waals surface area contributed by atoms with Crippen LogP contribution in [0.25, 0.3) is 10.2 Å². The van der Waals surface area contributed by atoms with E-state index in [2.05, 4.69) is 35.2 Å². The minimum Gasteiger partial charge on any atom is -0.438 e. The molecule has 0 unspecified atom stereocenters. The molecule has 3 aromatic rings. The highest BCUT2D eigenvalue weighted by molar-refractivity contribution is 7.18. The molecule has 21 heavy (non-hydrogen) atoms. The van der Waals surface area contributed by atoms with Crippen molar-refractivity contribution in [2.45, 2.75) is 20.8 Å². The summed E-state index contributed by atoms with van der Waals surface area (Å²) in [4.78, 5) is 11.1. The summed E-state index contributed by atoms with van der Waals surface area (Å²) < 4.78 is 5.96. The average Bonchev–Trinajstić information content (AvgIpc) is 2.82. The van der Waals surface area contributed by atoms with Crippen molar-refractivity contribution in [3.63, 3.8) is 0 Å². The van der Waals surface area contributed by atoms with Crippen LogP contribution in [0.2, 0.25) is 0 Å². The molecule has 108 valence electrons. The SMILES string of the molecule is CCNc1nc(Oc2ccc(C)cc2)c2cc(C)sc2n1. The van der Waals surface area contributed by atoms with Gasteiger partial charge in [-0.2, -0.15) is 4.98 Å². The van der Waals surface area contributed by atoms with Crippen LogP contribution in [0.15, 0.2) is 30.3 Å². The summed E-state index contributed by atoms with van der Waals surface area (Å²) in [6.45, 7) is 6.92. The molecule has 0 bridgehead atoms. The van der Waals surface area contributed by atoms with E-state index in [1.54, 1.807) is 11.3 Å². The fourth-order valence-electron chi connectivity index (χ4n) is 2.05. The molecule has 0 saturated carbocycles. The number of anilines is 1. The van der Waals surface area contributed by atoms with E-state index in [0.717, 1.165) is 22.5 Å².